The second kappa shape index (κ2) is 7.69. The predicted molar refractivity (Wildman–Crippen MR) is 94.8 cm³/mol. The topological polar surface area (TPSA) is 66.9 Å². The number of halogens is 2. The monoisotopic (exact) mass is 354 g/mol. The van der Waals surface area contributed by atoms with Crippen LogP contribution in [0.5, 0.6) is 0 Å². The lowest BCUT2D eigenvalue weighted by atomic mass is 10.1. The lowest BCUT2D eigenvalue weighted by Gasteiger charge is -2.09. The number of carbonyl (C=O) groups excluding carboxylic acids is 1. The van der Waals surface area contributed by atoms with Gasteiger partial charge in [0.1, 0.15) is 11.6 Å². The first-order valence-electron chi connectivity index (χ1n) is 7.90. The summed E-state index contributed by atoms with van der Waals surface area (Å²) in [6.45, 7) is 2.57. The lowest BCUT2D eigenvalue weighted by Crippen LogP contribution is -2.14. The summed E-state index contributed by atoms with van der Waals surface area (Å²) >= 11 is 0. The highest BCUT2D eigenvalue weighted by molar-refractivity contribution is 6.03. The van der Waals surface area contributed by atoms with Crippen molar-refractivity contribution in [1.82, 2.24) is 9.97 Å². The summed E-state index contributed by atoms with van der Waals surface area (Å²) < 4.78 is 26.5. The molecule has 0 atom stereocenters. The van der Waals surface area contributed by atoms with E-state index in [-0.39, 0.29) is 11.3 Å². The molecule has 0 bridgehead atoms. The van der Waals surface area contributed by atoms with Crippen molar-refractivity contribution >= 4 is 17.5 Å². The van der Waals surface area contributed by atoms with Crippen molar-refractivity contribution in [3.8, 4) is 0 Å². The van der Waals surface area contributed by atoms with Crippen molar-refractivity contribution in [3.63, 3.8) is 0 Å². The first-order valence-corrected chi connectivity index (χ1v) is 7.90. The number of anilines is 2. The SMILES string of the molecule is Cc1ccccc1CNc1ncc(C(=O)Nc2ccc(F)cc2F)cn1. The molecule has 2 N–H and O–H groups in total. The minimum Gasteiger partial charge on any atom is -0.350 e. The molecule has 26 heavy (non-hydrogen) atoms. The van der Waals surface area contributed by atoms with Gasteiger partial charge in [0.25, 0.3) is 5.91 Å². The molecule has 132 valence electrons. The molecule has 0 radical (unpaired) electrons. The van der Waals surface area contributed by atoms with E-state index in [4.69, 9.17) is 0 Å². The first kappa shape index (κ1) is 17.5. The van der Waals surface area contributed by atoms with Gasteiger partial charge in [-0.3, -0.25) is 4.79 Å². The van der Waals surface area contributed by atoms with E-state index in [0.29, 0.717) is 18.6 Å². The summed E-state index contributed by atoms with van der Waals surface area (Å²) in [6.07, 6.45) is 2.67. The summed E-state index contributed by atoms with van der Waals surface area (Å²) in [7, 11) is 0. The molecule has 3 rings (SSSR count). The number of nitrogens with zero attached hydrogens (tertiary/aromatic N) is 2. The number of hydrogen-bond donors (Lipinski definition) is 2. The van der Waals surface area contributed by atoms with Crippen molar-refractivity contribution in [3.05, 3.63) is 83.2 Å². The number of rotatable bonds is 5. The van der Waals surface area contributed by atoms with Crippen LogP contribution in [-0.2, 0) is 6.54 Å². The van der Waals surface area contributed by atoms with Crippen molar-refractivity contribution in [2.45, 2.75) is 13.5 Å². The van der Waals surface area contributed by atoms with Crippen molar-refractivity contribution in [1.29, 1.82) is 0 Å². The van der Waals surface area contributed by atoms with Crippen LogP contribution in [0.4, 0.5) is 20.4 Å². The van der Waals surface area contributed by atoms with Gasteiger partial charge in [0.15, 0.2) is 0 Å². The van der Waals surface area contributed by atoms with Crippen LogP contribution in [0.1, 0.15) is 21.5 Å². The maximum Gasteiger partial charge on any atom is 0.258 e. The normalized spacial score (nSPS) is 10.4. The fourth-order valence-corrected chi connectivity index (χ4v) is 2.30. The van der Waals surface area contributed by atoms with Gasteiger partial charge in [-0.15, -0.1) is 0 Å². The van der Waals surface area contributed by atoms with Gasteiger partial charge in [0, 0.05) is 25.0 Å². The average molecular weight is 354 g/mol. The second-order valence-corrected chi connectivity index (χ2v) is 5.65. The van der Waals surface area contributed by atoms with Crippen LogP contribution in [0.3, 0.4) is 0 Å². The molecule has 0 saturated carbocycles. The van der Waals surface area contributed by atoms with Gasteiger partial charge in [-0.2, -0.15) is 0 Å². The van der Waals surface area contributed by atoms with Crippen LogP contribution in [0.25, 0.3) is 0 Å². The molecule has 1 aromatic heterocycles. The molecule has 0 fully saturated rings. The highest BCUT2D eigenvalue weighted by atomic mass is 19.1. The number of amides is 1. The third kappa shape index (κ3) is 4.18. The quantitative estimate of drug-likeness (QED) is 0.729. The molecule has 0 saturated heterocycles. The van der Waals surface area contributed by atoms with E-state index in [0.717, 1.165) is 23.3 Å². The van der Waals surface area contributed by atoms with Crippen LogP contribution in [-0.4, -0.2) is 15.9 Å². The highest BCUT2D eigenvalue weighted by Gasteiger charge is 2.11. The molecular formula is C19H16F2N4O. The molecule has 1 amide bonds. The van der Waals surface area contributed by atoms with E-state index in [9.17, 15) is 13.6 Å². The summed E-state index contributed by atoms with van der Waals surface area (Å²) in [5.74, 6) is -1.78. The minimum absolute atomic E-state index is 0.113. The Morgan fingerprint density at radius 2 is 1.81 bits per heavy atom. The Kier molecular flexibility index (Phi) is 5.17. The average Bonchev–Trinajstić information content (AvgIpc) is 2.64. The Labute approximate surface area is 149 Å². The first-order chi connectivity index (χ1) is 12.5. The van der Waals surface area contributed by atoms with E-state index < -0.39 is 17.5 Å². The van der Waals surface area contributed by atoms with Crippen molar-refractivity contribution < 1.29 is 13.6 Å². The van der Waals surface area contributed by atoms with E-state index in [1.807, 2.05) is 31.2 Å². The lowest BCUT2D eigenvalue weighted by molar-refractivity contribution is 0.102. The molecule has 2 aromatic carbocycles. The maximum absolute atomic E-state index is 13.6. The van der Waals surface area contributed by atoms with Crippen LogP contribution in [0.15, 0.2) is 54.9 Å². The number of aryl methyl sites for hydroxylation is 1. The molecule has 0 spiro atoms. The van der Waals surface area contributed by atoms with Crippen molar-refractivity contribution in [2.24, 2.45) is 0 Å². The van der Waals surface area contributed by atoms with E-state index in [1.54, 1.807) is 0 Å². The van der Waals surface area contributed by atoms with Gasteiger partial charge in [0.05, 0.1) is 11.3 Å². The third-order valence-electron chi connectivity index (χ3n) is 3.79. The summed E-state index contributed by atoms with van der Waals surface area (Å²) in [5, 5.41) is 5.43. The molecule has 7 heteroatoms. The molecule has 1 heterocycles. The Morgan fingerprint density at radius 1 is 1.08 bits per heavy atom. The Hall–Kier alpha value is -3.35. The second-order valence-electron chi connectivity index (χ2n) is 5.65. The van der Waals surface area contributed by atoms with E-state index in [1.165, 1.54) is 12.4 Å². The number of aromatic nitrogens is 2. The molecule has 0 aliphatic rings. The number of nitrogens with one attached hydrogen (secondary N) is 2. The third-order valence-corrected chi connectivity index (χ3v) is 3.79. The van der Waals surface area contributed by atoms with Gasteiger partial charge in [0.2, 0.25) is 5.95 Å². The standard InChI is InChI=1S/C19H16F2N4O/c1-12-4-2-3-5-13(12)9-22-19-23-10-14(11-24-19)18(26)25-17-7-6-15(20)8-16(17)21/h2-8,10-11H,9H2,1H3,(H,25,26)(H,22,23,24). The van der Waals surface area contributed by atoms with Gasteiger partial charge in [-0.05, 0) is 30.2 Å². The Morgan fingerprint density at radius 3 is 2.50 bits per heavy atom. The fourth-order valence-electron chi connectivity index (χ4n) is 2.30. The highest BCUT2D eigenvalue weighted by Crippen LogP contribution is 2.16. The zero-order valence-electron chi connectivity index (χ0n) is 14.0. The summed E-state index contributed by atoms with van der Waals surface area (Å²) in [4.78, 5) is 20.3. The molecule has 3 aromatic rings. The molecular weight excluding hydrogens is 338 g/mol. The summed E-state index contributed by atoms with van der Waals surface area (Å²) in [6, 6.07) is 10.8. The van der Waals surface area contributed by atoms with Crippen LogP contribution >= 0.6 is 0 Å². The van der Waals surface area contributed by atoms with Gasteiger partial charge < -0.3 is 10.6 Å². The van der Waals surface area contributed by atoms with E-state index >= 15 is 0 Å². The zero-order valence-corrected chi connectivity index (χ0v) is 14.0. The maximum atomic E-state index is 13.6. The fraction of sp³-hybridized carbons (Fsp3) is 0.105. The smallest absolute Gasteiger partial charge is 0.258 e. The summed E-state index contributed by atoms with van der Waals surface area (Å²) in [5.41, 5.74) is 2.32. The predicted octanol–water partition coefficient (Wildman–Crippen LogP) is 3.93. The zero-order chi connectivity index (χ0) is 18.5. The number of benzene rings is 2. The molecule has 0 aliphatic heterocycles. The van der Waals surface area contributed by atoms with Gasteiger partial charge >= 0.3 is 0 Å². The molecule has 0 aliphatic carbocycles. The van der Waals surface area contributed by atoms with Crippen LogP contribution in [0, 0.1) is 18.6 Å². The van der Waals surface area contributed by atoms with Gasteiger partial charge in [-0.1, -0.05) is 24.3 Å². The molecule has 5 nitrogen and oxygen atoms in total. The minimum atomic E-state index is -0.851. The largest absolute Gasteiger partial charge is 0.350 e. The van der Waals surface area contributed by atoms with Crippen molar-refractivity contribution in [2.75, 3.05) is 10.6 Å². The Balaban J connectivity index is 1.63. The Bertz CT molecular complexity index is 929. The number of carbonyl (C=O) groups is 1. The van der Waals surface area contributed by atoms with Crippen LogP contribution in [0.2, 0.25) is 0 Å². The van der Waals surface area contributed by atoms with Crippen LogP contribution < -0.4 is 10.6 Å². The van der Waals surface area contributed by atoms with Gasteiger partial charge in [-0.25, -0.2) is 18.7 Å². The number of hydrogen-bond acceptors (Lipinski definition) is 4. The van der Waals surface area contributed by atoms with E-state index in [2.05, 4.69) is 20.6 Å². The molecule has 0 unspecified atom stereocenters.